The second-order valence-corrected chi connectivity index (χ2v) is 7.85. The summed E-state index contributed by atoms with van der Waals surface area (Å²) in [6.45, 7) is 2.99. The van der Waals surface area contributed by atoms with Gasteiger partial charge < -0.3 is 14.6 Å². The zero-order valence-corrected chi connectivity index (χ0v) is 16.7. The minimum absolute atomic E-state index is 0.0874. The van der Waals surface area contributed by atoms with Gasteiger partial charge in [-0.25, -0.2) is 0 Å². The molecule has 0 aliphatic carbocycles. The van der Waals surface area contributed by atoms with Crippen molar-refractivity contribution < 1.29 is 14.0 Å². The Morgan fingerprint density at radius 2 is 2.15 bits per heavy atom. The predicted molar refractivity (Wildman–Crippen MR) is 100 cm³/mol. The molecule has 0 bridgehead atoms. The molecule has 2 aromatic rings. The standard InChI is InChI=1S/C17H19BrN4O3S/c1-11(12-4-6-13(18)7-5-12)19-14(23)10-26-17-21-20-15(25-17)9-22-8-2-3-16(22)24/h4-7,11H,2-3,8-10H2,1H3,(H,19,23). The first-order valence-corrected chi connectivity index (χ1v) is 10.1. The number of aromatic nitrogens is 2. The van der Waals surface area contributed by atoms with Crippen LogP contribution in [0.15, 0.2) is 38.4 Å². The van der Waals surface area contributed by atoms with Gasteiger partial charge in [-0.1, -0.05) is 39.8 Å². The van der Waals surface area contributed by atoms with Crippen LogP contribution in [0.4, 0.5) is 0 Å². The van der Waals surface area contributed by atoms with Crippen LogP contribution in [0.1, 0.15) is 37.3 Å². The van der Waals surface area contributed by atoms with Gasteiger partial charge in [0.25, 0.3) is 5.22 Å². The maximum atomic E-state index is 12.1. The van der Waals surface area contributed by atoms with Gasteiger partial charge in [-0.3, -0.25) is 9.59 Å². The summed E-state index contributed by atoms with van der Waals surface area (Å²) in [5.74, 6) is 0.579. The molecule has 26 heavy (non-hydrogen) atoms. The summed E-state index contributed by atoms with van der Waals surface area (Å²) in [4.78, 5) is 25.4. The zero-order chi connectivity index (χ0) is 18.5. The molecule has 0 radical (unpaired) electrons. The van der Waals surface area contributed by atoms with Crippen molar-refractivity contribution in [3.63, 3.8) is 0 Å². The van der Waals surface area contributed by atoms with Gasteiger partial charge in [-0.15, -0.1) is 10.2 Å². The first-order chi connectivity index (χ1) is 12.5. The highest BCUT2D eigenvalue weighted by Crippen LogP contribution is 2.20. The van der Waals surface area contributed by atoms with Crippen molar-refractivity contribution in [2.45, 2.75) is 37.6 Å². The molecule has 1 aliphatic rings. The van der Waals surface area contributed by atoms with Gasteiger partial charge in [-0.2, -0.15) is 0 Å². The number of likely N-dealkylation sites (tertiary alicyclic amines) is 1. The molecule has 9 heteroatoms. The lowest BCUT2D eigenvalue weighted by Crippen LogP contribution is -2.28. The van der Waals surface area contributed by atoms with Crippen molar-refractivity contribution in [3.05, 3.63) is 40.2 Å². The van der Waals surface area contributed by atoms with E-state index < -0.39 is 0 Å². The Labute approximate surface area is 164 Å². The topological polar surface area (TPSA) is 88.3 Å². The van der Waals surface area contributed by atoms with Crippen LogP contribution in [0.2, 0.25) is 0 Å². The van der Waals surface area contributed by atoms with Crippen LogP contribution in [0.3, 0.4) is 0 Å². The molecule has 1 fully saturated rings. The van der Waals surface area contributed by atoms with Crippen LogP contribution in [0.5, 0.6) is 0 Å². The summed E-state index contributed by atoms with van der Waals surface area (Å²) in [6.07, 6.45) is 1.44. The van der Waals surface area contributed by atoms with Gasteiger partial charge in [0.15, 0.2) is 0 Å². The molecular weight excluding hydrogens is 420 g/mol. The molecule has 1 aromatic carbocycles. The molecule has 7 nitrogen and oxygen atoms in total. The second kappa shape index (κ2) is 8.68. The normalized spacial score (nSPS) is 15.3. The molecule has 3 rings (SSSR count). The van der Waals surface area contributed by atoms with Gasteiger partial charge in [-0.05, 0) is 31.0 Å². The third kappa shape index (κ3) is 5.07. The number of nitrogens with one attached hydrogen (secondary N) is 1. The lowest BCUT2D eigenvalue weighted by molar-refractivity contribution is -0.128. The average Bonchev–Trinajstić information content (AvgIpc) is 3.23. The number of halogens is 1. The molecule has 1 atom stereocenters. The number of thioether (sulfide) groups is 1. The fraction of sp³-hybridized carbons (Fsp3) is 0.412. The van der Waals surface area contributed by atoms with E-state index in [1.54, 1.807) is 4.90 Å². The number of amides is 2. The molecule has 138 valence electrons. The highest BCUT2D eigenvalue weighted by Gasteiger charge is 2.22. The first-order valence-electron chi connectivity index (χ1n) is 8.29. The van der Waals surface area contributed by atoms with Crippen LogP contribution in [0, 0.1) is 0 Å². The summed E-state index contributed by atoms with van der Waals surface area (Å²) >= 11 is 4.58. The van der Waals surface area contributed by atoms with E-state index in [2.05, 4.69) is 31.4 Å². The summed E-state index contributed by atoms with van der Waals surface area (Å²) in [7, 11) is 0. The Balaban J connectivity index is 1.45. The van der Waals surface area contributed by atoms with Crippen molar-refractivity contribution in [3.8, 4) is 0 Å². The summed E-state index contributed by atoms with van der Waals surface area (Å²) in [5, 5.41) is 11.1. The van der Waals surface area contributed by atoms with E-state index >= 15 is 0 Å². The molecule has 0 saturated carbocycles. The lowest BCUT2D eigenvalue weighted by Gasteiger charge is -2.14. The van der Waals surface area contributed by atoms with E-state index in [1.807, 2.05) is 31.2 Å². The van der Waals surface area contributed by atoms with Crippen molar-refractivity contribution in [1.29, 1.82) is 0 Å². The Bertz CT molecular complexity index is 781. The van der Waals surface area contributed by atoms with Crippen molar-refractivity contribution >= 4 is 39.5 Å². The highest BCUT2D eigenvalue weighted by molar-refractivity contribution is 9.10. The maximum Gasteiger partial charge on any atom is 0.277 e. The molecule has 1 aromatic heterocycles. The van der Waals surface area contributed by atoms with Crippen molar-refractivity contribution in [2.24, 2.45) is 0 Å². The van der Waals surface area contributed by atoms with Crippen LogP contribution < -0.4 is 5.32 Å². The Morgan fingerprint density at radius 3 is 2.85 bits per heavy atom. The summed E-state index contributed by atoms with van der Waals surface area (Å²) < 4.78 is 6.51. The summed E-state index contributed by atoms with van der Waals surface area (Å²) in [5.41, 5.74) is 1.03. The van der Waals surface area contributed by atoms with Gasteiger partial charge in [0, 0.05) is 17.4 Å². The molecule has 2 amide bonds. The third-order valence-corrected chi connectivity index (χ3v) is 5.37. The zero-order valence-electron chi connectivity index (χ0n) is 14.3. The molecule has 1 N–H and O–H groups in total. The van der Waals surface area contributed by atoms with E-state index in [4.69, 9.17) is 4.42 Å². The number of rotatable bonds is 7. The van der Waals surface area contributed by atoms with Gasteiger partial charge >= 0.3 is 0 Å². The molecule has 1 saturated heterocycles. The quantitative estimate of drug-likeness (QED) is 0.668. The maximum absolute atomic E-state index is 12.1. The van der Waals surface area contributed by atoms with E-state index in [1.165, 1.54) is 11.8 Å². The Kier molecular flexibility index (Phi) is 6.31. The number of benzene rings is 1. The Hall–Kier alpha value is -1.87. The fourth-order valence-electron chi connectivity index (χ4n) is 2.64. The monoisotopic (exact) mass is 438 g/mol. The van der Waals surface area contributed by atoms with Crippen LogP contribution in [-0.2, 0) is 16.1 Å². The number of carbonyl (C=O) groups is 2. The average molecular weight is 439 g/mol. The minimum atomic E-state index is -0.111. The minimum Gasteiger partial charge on any atom is -0.414 e. The van der Waals surface area contributed by atoms with Crippen LogP contribution >= 0.6 is 27.7 Å². The predicted octanol–water partition coefficient (Wildman–Crippen LogP) is 2.92. The molecule has 1 aliphatic heterocycles. The second-order valence-electron chi connectivity index (χ2n) is 6.01. The van der Waals surface area contributed by atoms with Crippen LogP contribution in [-0.4, -0.2) is 39.2 Å². The van der Waals surface area contributed by atoms with E-state index in [9.17, 15) is 9.59 Å². The molecule has 2 heterocycles. The van der Waals surface area contributed by atoms with Gasteiger partial charge in [0.05, 0.1) is 18.3 Å². The van der Waals surface area contributed by atoms with Gasteiger partial charge in [0.1, 0.15) is 0 Å². The highest BCUT2D eigenvalue weighted by atomic mass is 79.9. The van der Waals surface area contributed by atoms with Crippen molar-refractivity contribution in [1.82, 2.24) is 20.4 Å². The number of nitrogens with zero attached hydrogens (tertiary/aromatic N) is 3. The smallest absolute Gasteiger partial charge is 0.277 e. The first kappa shape index (κ1) is 18.9. The SMILES string of the molecule is CC(NC(=O)CSc1nnc(CN2CCCC2=O)o1)c1ccc(Br)cc1. The van der Waals surface area contributed by atoms with Crippen LogP contribution in [0.25, 0.3) is 0 Å². The van der Waals surface area contributed by atoms with E-state index in [0.717, 1.165) is 23.0 Å². The molecular formula is C17H19BrN4O3S. The number of hydrogen-bond donors (Lipinski definition) is 1. The molecule has 1 unspecified atom stereocenters. The largest absolute Gasteiger partial charge is 0.414 e. The fourth-order valence-corrected chi connectivity index (χ4v) is 3.50. The van der Waals surface area contributed by atoms with E-state index in [0.29, 0.717) is 24.1 Å². The number of carbonyl (C=O) groups excluding carboxylic acids is 2. The third-order valence-electron chi connectivity index (χ3n) is 4.02. The molecule has 0 spiro atoms. The lowest BCUT2D eigenvalue weighted by atomic mass is 10.1. The summed E-state index contributed by atoms with van der Waals surface area (Å²) in [6, 6.07) is 7.73. The van der Waals surface area contributed by atoms with Crippen molar-refractivity contribution in [2.75, 3.05) is 12.3 Å². The van der Waals surface area contributed by atoms with Gasteiger partial charge in [0.2, 0.25) is 17.7 Å². The Morgan fingerprint density at radius 1 is 1.38 bits per heavy atom. The number of hydrogen-bond acceptors (Lipinski definition) is 6. The van der Waals surface area contributed by atoms with E-state index in [-0.39, 0.29) is 23.6 Å².